The Kier molecular flexibility index (Phi) is 4.17. The fourth-order valence-corrected chi connectivity index (χ4v) is 1.79. The first-order valence-corrected chi connectivity index (χ1v) is 6.14. The smallest absolute Gasteiger partial charge is 0.416 e. The molecule has 0 heterocycles. The van der Waals surface area contributed by atoms with E-state index < -0.39 is 11.7 Å². The summed E-state index contributed by atoms with van der Waals surface area (Å²) in [5.74, 6) is 0.212. The van der Waals surface area contributed by atoms with Gasteiger partial charge in [0.2, 0.25) is 0 Å². The average molecular weight is 281 g/mol. The largest absolute Gasteiger partial charge is 0.508 e. The Morgan fingerprint density at radius 1 is 0.900 bits per heavy atom. The zero-order valence-electron chi connectivity index (χ0n) is 10.6. The Morgan fingerprint density at radius 2 is 1.50 bits per heavy atom. The summed E-state index contributed by atoms with van der Waals surface area (Å²) in [6, 6.07) is 11.8. The second-order valence-corrected chi connectivity index (χ2v) is 4.42. The van der Waals surface area contributed by atoms with Crippen LogP contribution in [-0.2, 0) is 12.6 Å². The predicted octanol–water partition coefficient (Wildman–Crippen LogP) is 4.07. The number of alkyl halides is 3. The van der Waals surface area contributed by atoms with Crippen LogP contribution in [0.2, 0.25) is 0 Å². The van der Waals surface area contributed by atoms with Crippen LogP contribution in [0.3, 0.4) is 0 Å². The molecule has 0 aliphatic rings. The SMILES string of the molecule is Oc1ccc(CCNc2ccc(C(F)(F)F)cc2)cc1. The summed E-state index contributed by atoms with van der Waals surface area (Å²) in [5, 5.41) is 12.2. The maximum absolute atomic E-state index is 12.4. The minimum absolute atomic E-state index is 0.212. The lowest BCUT2D eigenvalue weighted by Crippen LogP contribution is -2.07. The van der Waals surface area contributed by atoms with Gasteiger partial charge in [0.25, 0.3) is 0 Å². The van der Waals surface area contributed by atoms with Crippen LogP contribution < -0.4 is 5.32 Å². The number of aromatic hydroxyl groups is 1. The van der Waals surface area contributed by atoms with Crippen LogP contribution in [0.4, 0.5) is 18.9 Å². The molecule has 0 unspecified atom stereocenters. The van der Waals surface area contributed by atoms with Crippen LogP contribution in [0.1, 0.15) is 11.1 Å². The predicted molar refractivity (Wildman–Crippen MR) is 71.7 cm³/mol. The van der Waals surface area contributed by atoms with Gasteiger partial charge in [-0.15, -0.1) is 0 Å². The van der Waals surface area contributed by atoms with E-state index in [0.29, 0.717) is 12.2 Å². The molecule has 2 aromatic carbocycles. The number of hydrogen-bond donors (Lipinski definition) is 2. The molecule has 2 rings (SSSR count). The van der Waals surface area contributed by atoms with Crippen molar-refractivity contribution < 1.29 is 18.3 Å². The summed E-state index contributed by atoms with van der Waals surface area (Å²) in [4.78, 5) is 0. The quantitative estimate of drug-likeness (QED) is 0.885. The van der Waals surface area contributed by atoms with Gasteiger partial charge in [-0.25, -0.2) is 0 Å². The minimum atomic E-state index is -4.30. The topological polar surface area (TPSA) is 32.3 Å². The molecule has 0 aliphatic carbocycles. The van der Waals surface area contributed by atoms with Crippen molar-refractivity contribution in [1.29, 1.82) is 0 Å². The first-order chi connectivity index (χ1) is 9.45. The van der Waals surface area contributed by atoms with Gasteiger partial charge in [-0.05, 0) is 48.4 Å². The number of phenolic OH excluding ortho intramolecular Hbond substituents is 1. The molecule has 0 bridgehead atoms. The van der Waals surface area contributed by atoms with E-state index in [0.717, 1.165) is 24.1 Å². The third-order valence-electron chi connectivity index (χ3n) is 2.89. The normalized spacial score (nSPS) is 11.3. The molecular weight excluding hydrogens is 267 g/mol. The molecule has 0 radical (unpaired) electrons. The van der Waals surface area contributed by atoms with Crippen molar-refractivity contribution in [1.82, 2.24) is 0 Å². The van der Waals surface area contributed by atoms with E-state index in [1.54, 1.807) is 12.1 Å². The monoisotopic (exact) mass is 281 g/mol. The molecule has 0 aromatic heterocycles. The molecule has 0 saturated heterocycles. The zero-order valence-corrected chi connectivity index (χ0v) is 10.6. The standard InChI is InChI=1S/C15H14F3NO/c16-15(17,18)12-3-5-13(6-4-12)19-10-9-11-1-7-14(20)8-2-11/h1-8,19-20H,9-10H2. The molecule has 106 valence electrons. The van der Waals surface area contributed by atoms with Crippen molar-refractivity contribution in [2.75, 3.05) is 11.9 Å². The van der Waals surface area contributed by atoms with Crippen molar-refractivity contribution in [3.8, 4) is 5.75 Å². The third-order valence-corrected chi connectivity index (χ3v) is 2.89. The molecule has 2 nitrogen and oxygen atoms in total. The van der Waals surface area contributed by atoms with Crippen LogP contribution in [0.5, 0.6) is 5.75 Å². The van der Waals surface area contributed by atoms with Crippen molar-refractivity contribution >= 4 is 5.69 Å². The summed E-state index contributed by atoms with van der Waals surface area (Å²) in [6.45, 7) is 0.607. The number of halogens is 3. The van der Waals surface area contributed by atoms with Gasteiger partial charge in [-0.3, -0.25) is 0 Å². The average Bonchev–Trinajstić information content (AvgIpc) is 2.41. The van der Waals surface area contributed by atoms with Crippen LogP contribution in [0.15, 0.2) is 48.5 Å². The molecule has 0 fully saturated rings. The number of phenols is 1. The Balaban J connectivity index is 1.87. The van der Waals surface area contributed by atoms with Crippen LogP contribution in [-0.4, -0.2) is 11.7 Å². The van der Waals surface area contributed by atoms with Crippen molar-refractivity contribution in [2.24, 2.45) is 0 Å². The highest BCUT2D eigenvalue weighted by Crippen LogP contribution is 2.29. The van der Waals surface area contributed by atoms with E-state index in [-0.39, 0.29) is 5.75 Å². The second-order valence-electron chi connectivity index (χ2n) is 4.42. The van der Waals surface area contributed by atoms with Gasteiger partial charge in [0.15, 0.2) is 0 Å². The van der Waals surface area contributed by atoms with Crippen molar-refractivity contribution in [3.05, 3.63) is 59.7 Å². The lowest BCUT2D eigenvalue weighted by molar-refractivity contribution is -0.137. The fourth-order valence-electron chi connectivity index (χ4n) is 1.79. The van der Waals surface area contributed by atoms with Gasteiger partial charge in [0, 0.05) is 12.2 Å². The molecule has 0 atom stereocenters. The summed E-state index contributed by atoms with van der Waals surface area (Å²) in [5.41, 5.74) is 1.04. The number of rotatable bonds is 4. The van der Waals surface area contributed by atoms with Crippen molar-refractivity contribution in [3.63, 3.8) is 0 Å². The highest BCUT2D eigenvalue weighted by Gasteiger charge is 2.29. The molecule has 2 aromatic rings. The molecule has 0 saturated carbocycles. The molecular formula is C15H14F3NO. The summed E-state index contributed by atoms with van der Waals surface area (Å²) in [7, 11) is 0. The van der Waals surface area contributed by atoms with E-state index >= 15 is 0 Å². The van der Waals surface area contributed by atoms with Crippen LogP contribution in [0.25, 0.3) is 0 Å². The maximum Gasteiger partial charge on any atom is 0.416 e. The lowest BCUT2D eigenvalue weighted by Gasteiger charge is -2.09. The Hall–Kier alpha value is -2.17. The fraction of sp³-hybridized carbons (Fsp3) is 0.200. The van der Waals surface area contributed by atoms with E-state index in [1.165, 1.54) is 12.1 Å². The number of benzene rings is 2. The Bertz CT molecular complexity index is 547. The maximum atomic E-state index is 12.4. The van der Waals surface area contributed by atoms with E-state index in [9.17, 15) is 13.2 Å². The molecule has 2 N–H and O–H groups in total. The number of hydrogen-bond acceptors (Lipinski definition) is 2. The molecule has 0 amide bonds. The van der Waals surface area contributed by atoms with Gasteiger partial charge in [0.05, 0.1) is 5.56 Å². The summed E-state index contributed by atoms with van der Waals surface area (Å²) < 4.78 is 37.2. The highest BCUT2D eigenvalue weighted by atomic mass is 19.4. The highest BCUT2D eigenvalue weighted by molar-refractivity contribution is 5.45. The molecule has 20 heavy (non-hydrogen) atoms. The first-order valence-electron chi connectivity index (χ1n) is 6.14. The zero-order chi connectivity index (χ0) is 14.6. The summed E-state index contributed by atoms with van der Waals surface area (Å²) >= 11 is 0. The Labute approximate surface area is 114 Å². The van der Waals surface area contributed by atoms with Crippen LogP contribution >= 0.6 is 0 Å². The Morgan fingerprint density at radius 3 is 2.05 bits per heavy atom. The molecule has 0 aliphatic heterocycles. The van der Waals surface area contributed by atoms with Crippen LogP contribution in [0, 0.1) is 0 Å². The van der Waals surface area contributed by atoms with Gasteiger partial charge in [-0.1, -0.05) is 12.1 Å². The van der Waals surface area contributed by atoms with E-state index in [1.807, 2.05) is 12.1 Å². The lowest BCUT2D eigenvalue weighted by atomic mass is 10.1. The number of anilines is 1. The number of nitrogens with one attached hydrogen (secondary N) is 1. The van der Waals surface area contributed by atoms with Gasteiger partial charge < -0.3 is 10.4 Å². The third kappa shape index (κ3) is 3.91. The van der Waals surface area contributed by atoms with Gasteiger partial charge in [0.1, 0.15) is 5.75 Å². The second kappa shape index (κ2) is 5.86. The summed E-state index contributed by atoms with van der Waals surface area (Å²) in [6.07, 6.45) is -3.58. The molecule has 0 spiro atoms. The van der Waals surface area contributed by atoms with E-state index in [4.69, 9.17) is 5.11 Å². The molecule has 5 heteroatoms. The first kappa shape index (κ1) is 14.2. The van der Waals surface area contributed by atoms with Crippen molar-refractivity contribution in [2.45, 2.75) is 12.6 Å². The van der Waals surface area contributed by atoms with Gasteiger partial charge in [-0.2, -0.15) is 13.2 Å². The van der Waals surface area contributed by atoms with E-state index in [2.05, 4.69) is 5.32 Å². The minimum Gasteiger partial charge on any atom is -0.508 e. The van der Waals surface area contributed by atoms with Gasteiger partial charge >= 0.3 is 6.18 Å².